The van der Waals surface area contributed by atoms with E-state index in [9.17, 15) is 0 Å². The number of hydrogen-bond donors (Lipinski definition) is 0. The molecule has 0 spiro atoms. The summed E-state index contributed by atoms with van der Waals surface area (Å²) < 4.78 is 12.3. The van der Waals surface area contributed by atoms with Crippen molar-refractivity contribution in [2.24, 2.45) is 0 Å². The van der Waals surface area contributed by atoms with Gasteiger partial charge in [0, 0.05) is 41.0 Å². The zero-order valence-electron chi connectivity index (χ0n) is 22.1. The molecule has 6 rings (SSSR count). The van der Waals surface area contributed by atoms with Crippen LogP contribution in [0.2, 0.25) is 0 Å². The molecule has 0 bridgehead atoms. The molecule has 0 unspecified atom stereocenters. The highest BCUT2D eigenvalue weighted by Crippen LogP contribution is 2.42. The van der Waals surface area contributed by atoms with Crippen LogP contribution in [0.1, 0.15) is 42.5 Å². The van der Waals surface area contributed by atoms with Gasteiger partial charge >= 0.3 is 0 Å². The predicted octanol–water partition coefficient (Wildman–Crippen LogP) is 7.67. The third-order valence-electron chi connectivity index (χ3n) is 7.88. The van der Waals surface area contributed by atoms with Crippen LogP contribution < -0.4 is 19.3 Å². The van der Waals surface area contributed by atoms with E-state index in [4.69, 9.17) is 9.47 Å². The summed E-state index contributed by atoms with van der Waals surface area (Å²) >= 11 is 0. The summed E-state index contributed by atoms with van der Waals surface area (Å²) in [5.41, 5.74) is 7.11. The molecule has 4 heteroatoms. The van der Waals surface area contributed by atoms with Crippen LogP contribution in [0.15, 0.2) is 109 Å². The molecule has 0 N–H and O–H groups in total. The highest BCUT2D eigenvalue weighted by molar-refractivity contribution is 5.56. The molecule has 2 aliphatic heterocycles. The Labute approximate surface area is 225 Å². The first kappa shape index (κ1) is 24.2. The van der Waals surface area contributed by atoms with Gasteiger partial charge in [0.05, 0.1) is 0 Å². The van der Waals surface area contributed by atoms with Gasteiger partial charge in [0.25, 0.3) is 0 Å². The van der Waals surface area contributed by atoms with Gasteiger partial charge < -0.3 is 19.3 Å². The van der Waals surface area contributed by atoms with Gasteiger partial charge in [0.15, 0.2) is 13.5 Å². The number of ether oxygens (including phenoxy) is 2. The molecule has 0 fully saturated rings. The van der Waals surface area contributed by atoms with Crippen LogP contribution in [0, 0.1) is 0 Å². The minimum atomic E-state index is -0.247. The van der Waals surface area contributed by atoms with Crippen LogP contribution >= 0.6 is 0 Å². The Morgan fingerprint density at radius 3 is 1.58 bits per heavy atom. The maximum atomic E-state index is 6.17. The van der Waals surface area contributed by atoms with E-state index in [1.807, 2.05) is 0 Å². The maximum Gasteiger partial charge on any atom is 0.161 e. The van der Waals surface area contributed by atoms with Crippen LogP contribution in [-0.2, 0) is 18.5 Å². The van der Waals surface area contributed by atoms with E-state index >= 15 is 0 Å². The number of hydrogen-bond acceptors (Lipinski definition) is 4. The summed E-state index contributed by atoms with van der Waals surface area (Å²) in [6, 6.07) is 34.5. The summed E-state index contributed by atoms with van der Waals surface area (Å²) in [5.74, 6) is 1.95. The molecule has 0 amide bonds. The van der Waals surface area contributed by atoms with Crippen molar-refractivity contribution in [3.05, 3.63) is 131 Å². The zero-order chi connectivity index (χ0) is 26.0. The first-order valence-corrected chi connectivity index (χ1v) is 13.5. The molecule has 0 aromatic heterocycles. The summed E-state index contributed by atoms with van der Waals surface area (Å²) in [6.07, 6.45) is 5.48. The first-order chi connectivity index (χ1) is 18.7. The minimum absolute atomic E-state index is 0.247. The van der Waals surface area contributed by atoms with Crippen molar-refractivity contribution in [2.75, 3.05) is 23.3 Å². The van der Waals surface area contributed by atoms with E-state index in [2.05, 4.69) is 133 Å². The van der Waals surface area contributed by atoms with E-state index in [0.29, 0.717) is 13.5 Å². The summed E-state index contributed by atoms with van der Waals surface area (Å²) in [7, 11) is 0. The van der Waals surface area contributed by atoms with Gasteiger partial charge in [0.1, 0.15) is 11.5 Å². The molecule has 4 nitrogen and oxygen atoms in total. The summed E-state index contributed by atoms with van der Waals surface area (Å²) in [5, 5.41) is 0. The number of nitrogens with zero attached hydrogens (tertiary/aromatic N) is 2. The molecule has 0 saturated carbocycles. The second-order valence-corrected chi connectivity index (χ2v) is 10.1. The quantitative estimate of drug-likeness (QED) is 0.253. The SMILES string of the molecule is CC=CC(CC)(c1ccc2c(c1)CN(c1ccccc1)CO2)c1ccc2c(c1)CN(c1ccccc1)CO2. The predicted molar refractivity (Wildman–Crippen MR) is 155 cm³/mol. The van der Waals surface area contributed by atoms with Crippen molar-refractivity contribution >= 4 is 11.4 Å². The number of para-hydroxylation sites is 2. The van der Waals surface area contributed by atoms with Gasteiger partial charge in [-0.15, -0.1) is 0 Å². The normalized spacial score (nSPS) is 15.0. The maximum absolute atomic E-state index is 6.17. The van der Waals surface area contributed by atoms with Crippen molar-refractivity contribution < 1.29 is 9.47 Å². The van der Waals surface area contributed by atoms with Crippen molar-refractivity contribution in [3.8, 4) is 11.5 Å². The Bertz CT molecular complexity index is 1330. The summed E-state index contributed by atoms with van der Waals surface area (Å²) in [4.78, 5) is 4.56. The third-order valence-corrected chi connectivity index (χ3v) is 7.88. The minimum Gasteiger partial charge on any atom is -0.473 e. The number of fused-ring (bicyclic) bond motifs is 2. The van der Waals surface area contributed by atoms with E-state index in [-0.39, 0.29) is 5.41 Å². The standard InChI is InChI=1S/C34H34N2O2/c1-3-19-34(4-2,28-15-17-32-26(20-28)22-35(24-37-32)30-11-7-5-8-12-30)29-16-18-33-27(21-29)23-36(25-38-33)31-13-9-6-10-14-31/h3,5-21H,4,22-25H2,1-2H3. The lowest BCUT2D eigenvalue weighted by Gasteiger charge is -2.36. The Balaban J connectivity index is 1.36. The van der Waals surface area contributed by atoms with Crippen molar-refractivity contribution in [2.45, 2.75) is 38.8 Å². The molecule has 4 aromatic rings. The van der Waals surface area contributed by atoms with Gasteiger partial charge in [-0.2, -0.15) is 0 Å². The average molecular weight is 503 g/mol. The smallest absolute Gasteiger partial charge is 0.161 e. The molecule has 4 aromatic carbocycles. The lowest BCUT2D eigenvalue weighted by atomic mass is 9.71. The van der Waals surface area contributed by atoms with Crippen LogP contribution in [-0.4, -0.2) is 13.5 Å². The second-order valence-electron chi connectivity index (χ2n) is 10.1. The molecule has 2 heterocycles. The molecular formula is C34H34N2O2. The van der Waals surface area contributed by atoms with E-state index < -0.39 is 0 Å². The van der Waals surface area contributed by atoms with Gasteiger partial charge in [-0.1, -0.05) is 67.6 Å². The monoisotopic (exact) mass is 502 g/mol. The fourth-order valence-electron chi connectivity index (χ4n) is 5.82. The topological polar surface area (TPSA) is 24.9 Å². The molecule has 192 valence electrons. The molecule has 0 saturated heterocycles. The number of anilines is 2. The largest absolute Gasteiger partial charge is 0.473 e. The summed E-state index contributed by atoms with van der Waals surface area (Å²) in [6.45, 7) is 7.17. The number of rotatable bonds is 6. The molecule has 2 aliphatic rings. The van der Waals surface area contributed by atoms with Gasteiger partial charge in [0.2, 0.25) is 0 Å². The lowest BCUT2D eigenvalue weighted by molar-refractivity contribution is 0.288. The van der Waals surface area contributed by atoms with Crippen LogP contribution in [0.4, 0.5) is 11.4 Å². The Morgan fingerprint density at radius 1 is 0.684 bits per heavy atom. The Hall–Kier alpha value is -4.18. The fourth-order valence-corrected chi connectivity index (χ4v) is 5.82. The van der Waals surface area contributed by atoms with Gasteiger partial charge in [-0.05, 0) is 73.0 Å². The molecular weight excluding hydrogens is 468 g/mol. The molecule has 38 heavy (non-hydrogen) atoms. The zero-order valence-corrected chi connectivity index (χ0v) is 22.1. The second kappa shape index (κ2) is 10.3. The van der Waals surface area contributed by atoms with E-state index in [0.717, 1.165) is 31.0 Å². The average Bonchev–Trinajstić information content (AvgIpc) is 2.99. The van der Waals surface area contributed by atoms with Crippen LogP contribution in [0.3, 0.4) is 0 Å². The van der Waals surface area contributed by atoms with Crippen molar-refractivity contribution in [1.29, 1.82) is 0 Å². The number of allylic oxidation sites excluding steroid dienone is 2. The first-order valence-electron chi connectivity index (χ1n) is 13.5. The van der Waals surface area contributed by atoms with Crippen molar-refractivity contribution in [3.63, 3.8) is 0 Å². The van der Waals surface area contributed by atoms with Crippen molar-refractivity contribution in [1.82, 2.24) is 0 Å². The Morgan fingerprint density at radius 2 is 1.16 bits per heavy atom. The highest BCUT2D eigenvalue weighted by Gasteiger charge is 2.32. The number of benzene rings is 4. The lowest BCUT2D eigenvalue weighted by Crippen LogP contribution is -2.33. The molecule has 0 aliphatic carbocycles. The van der Waals surface area contributed by atoms with E-state index in [1.165, 1.54) is 33.6 Å². The van der Waals surface area contributed by atoms with Crippen LogP contribution in [0.25, 0.3) is 0 Å². The molecule has 0 radical (unpaired) electrons. The van der Waals surface area contributed by atoms with Crippen LogP contribution in [0.5, 0.6) is 11.5 Å². The highest BCUT2D eigenvalue weighted by atomic mass is 16.5. The Kier molecular flexibility index (Phi) is 6.55. The van der Waals surface area contributed by atoms with Gasteiger partial charge in [-0.25, -0.2) is 0 Å². The van der Waals surface area contributed by atoms with Gasteiger partial charge in [-0.3, -0.25) is 0 Å². The third kappa shape index (κ3) is 4.41. The van der Waals surface area contributed by atoms with E-state index in [1.54, 1.807) is 0 Å². The fraction of sp³-hybridized carbons (Fsp3) is 0.235. The molecule has 0 atom stereocenters.